The molecule has 4 N–H and O–H groups in total. The van der Waals surface area contributed by atoms with Gasteiger partial charge in [-0.3, -0.25) is 4.79 Å². The first kappa shape index (κ1) is 15.3. The Balaban J connectivity index is 2.37. The molecule has 1 aliphatic carbocycles. The predicted molar refractivity (Wildman–Crippen MR) is 68.7 cm³/mol. The third-order valence-electron chi connectivity index (χ3n) is 3.20. The van der Waals surface area contributed by atoms with Crippen LogP contribution in [0.4, 0.5) is 4.79 Å². The fourth-order valence-electron chi connectivity index (χ4n) is 2.12. The minimum atomic E-state index is -1.18. The van der Waals surface area contributed by atoms with Crippen molar-refractivity contribution >= 4 is 17.9 Å². The van der Waals surface area contributed by atoms with Gasteiger partial charge in [-0.05, 0) is 19.3 Å². The second-order valence-electron chi connectivity index (χ2n) is 4.75. The average molecular weight is 271 g/mol. The fourth-order valence-corrected chi connectivity index (χ4v) is 2.12. The summed E-state index contributed by atoms with van der Waals surface area (Å²) in [4.78, 5) is 34.1. The zero-order valence-corrected chi connectivity index (χ0v) is 11.1. The van der Waals surface area contributed by atoms with E-state index in [1.165, 1.54) is 0 Å². The summed E-state index contributed by atoms with van der Waals surface area (Å²) >= 11 is 0. The molecule has 0 spiro atoms. The molecular formula is C12H21N3O4. The van der Waals surface area contributed by atoms with Crippen LogP contribution < -0.4 is 16.0 Å². The molecule has 0 aromatic heterocycles. The number of hydrogen-bond acceptors (Lipinski definition) is 3. The highest BCUT2D eigenvalue weighted by atomic mass is 16.4. The summed E-state index contributed by atoms with van der Waals surface area (Å²) < 4.78 is 0. The predicted octanol–water partition coefficient (Wildman–Crippen LogP) is 0.209. The van der Waals surface area contributed by atoms with Gasteiger partial charge in [-0.15, -0.1) is 0 Å². The van der Waals surface area contributed by atoms with E-state index in [2.05, 4.69) is 16.0 Å². The Morgan fingerprint density at radius 1 is 1.16 bits per heavy atom. The molecule has 0 aromatic carbocycles. The number of aliphatic carboxylic acids is 1. The van der Waals surface area contributed by atoms with Crippen LogP contribution in [0.5, 0.6) is 0 Å². The second-order valence-corrected chi connectivity index (χ2v) is 4.75. The number of amides is 3. The Labute approximate surface area is 112 Å². The summed E-state index contributed by atoms with van der Waals surface area (Å²) in [5.41, 5.74) is -1.18. The van der Waals surface area contributed by atoms with Gasteiger partial charge in [0, 0.05) is 6.54 Å². The molecule has 0 atom stereocenters. The normalized spacial score (nSPS) is 16.7. The van der Waals surface area contributed by atoms with Crippen LogP contribution in [-0.4, -0.2) is 41.6 Å². The Bertz CT molecular complexity index is 351. The largest absolute Gasteiger partial charge is 0.480 e. The first-order valence-corrected chi connectivity index (χ1v) is 6.56. The molecule has 1 fully saturated rings. The highest BCUT2D eigenvalue weighted by Gasteiger charge is 2.42. The van der Waals surface area contributed by atoms with E-state index in [0.29, 0.717) is 19.4 Å². The van der Waals surface area contributed by atoms with Crippen molar-refractivity contribution in [1.82, 2.24) is 16.0 Å². The minimum Gasteiger partial charge on any atom is -0.480 e. The van der Waals surface area contributed by atoms with Crippen molar-refractivity contribution in [2.75, 3.05) is 13.1 Å². The van der Waals surface area contributed by atoms with Gasteiger partial charge in [0.2, 0.25) is 5.91 Å². The molecule has 0 heterocycles. The van der Waals surface area contributed by atoms with Crippen molar-refractivity contribution in [2.24, 2.45) is 0 Å². The number of rotatable bonds is 6. The zero-order valence-electron chi connectivity index (χ0n) is 11.1. The maximum atomic E-state index is 11.6. The van der Waals surface area contributed by atoms with Crippen molar-refractivity contribution in [1.29, 1.82) is 0 Å². The molecule has 0 bridgehead atoms. The van der Waals surface area contributed by atoms with Gasteiger partial charge in [-0.25, -0.2) is 9.59 Å². The van der Waals surface area contributed by atoms with Crippen LogP contribution in [0, 0.1) is 0 Å². The molecule has 0 aromatic rings. The van der Waals surface area contributed by atoms with Gasteiger partial charge in [-0.2, -0.15) is 0 Å². The van der Waals surface area contributed by atoms with Crippen LogP contribution >= 0.6 is 0 Å². The molecule has 7 heteroatoms. The smallest absolute Gasteiger partial charge is 0.329 e. The van der Waals surface area contributed by atoms with Crippen molar-refractivity contribution in [2.45, 2.75) is 44.6 Å². The van der Waals surface area contributed by atoms with Crippen LogP contribution in [0.1, 0.15) is 39.0 Å². The molecule has 108 valence electrons. The van der Waals surface area contributed by atoms with Crippen molar-refractivity contribution in [3.63, 3.8) is 0 Å². The molecular weight excluding hydrogens is 250 g/mol. The maximum Gasteiger partial charge on any atom is 0.329 e. The minimum absolute atomic E-state index is 0.151. The van der Waals surface area contributed by atoms with Gasteiger partial charge in [0.1, 0.15) is 5.54 Å². The topological polar surface area (TPSA) is 108 Å². The van der Waals surface area contributed by atoms with Crippen LogP contribution in [0.15, 0.2) is 0 Å². The molecule has 0 unspecified atom stereocenters. The number of urea groups is 1. The average Bonchev–Trinajstić information content (AvgIpc) is 2.83. The number of carboxylic acids is 1. The van der Waals surface area contributed by atoms with Gasteiger partial charge in [0.15, 0.2) is 0 Å². The summed E-state index contributed by atoms with van der Waals surface area (Å²) in [6.07, 6.45) is 3.24. The molecule has 0 radical (unpaired) electrons. The van der Waals surface area contributed by atoms with Gasteiger partial charge in [-0.1, -0.05) is 19.8 Å². The lowest BCUT2D eigenvalue weighted by Crippen LogP contribution is -2.56. The fraction of sp³-hybridized carbons (Fsp3) is 0.750. The molecule has 7 nitrogen and oxygen atoms in total. The molecule has 3 amide bonds. The van der Waals surface area contributed by atoms with E-state index in [0.717, 1.165) is 19.3 Å². The van der Waals surface area contributed by atoms with Gasteiger partial charge >= 0.3 is 12.0 Å². The van der Waals surface area contributed by atoms with E-state index < -0.39 is 17.5 Å². The van der Waals surface area contributed by atoms with E-state index in [4.69, 9.17) is 0 Å². The van der Waals surface area contributed by atoms with E-state index in [1.54, 1.807) is 0 Å². The van der Waals surface area contributed by atoms with Crippen LogP contribution in [0.2, 0.25) is 0 Å². The van der Waals surface area contributed by atoms with E-state index >= 15 is 0 Å². The van der Waals surface area contributed by atoms with Crippen molar-refractivity contribution < 1.29 is 19.5 Å². The standard InChI is InChI=1S/C12H21N3O4/c1-2-7-13-9(16)8-14-11(19)15-12(10(17)18)5-3-4-6-12/h2-8H2,1H3,(H,13,16)(H,17,18)(H2,14,15,19). The lowest BCUT2D eigenvalue weighted by molar-refractivity contribution is -0.144. The highest BCUT2D eigenvalue weighted by Crippen LogP contribution is 2.29. The lowest BCUT2D eigenvalue weighted by Gasteiger charge is -2.25. The summed E-state index contributed by atoms with van der Waals surface area (Å²) in [5.74, 6) is -1.30. The number of carbonyl (C=O) groups excluding carboxylic acids is 2. The monoisotopic (exact) mass is 271 g/mol. The molecule has 1 rings (SSSR count). The lowest BCUT2D eigenvalue weighted by atomic mass is 9.98. The zero-order chi connectivity index (χ0) is 14.3. The van der Waals surface area contributed by atoms with Gasteiger partial charge < -0.3 is 21.1 Å². The Hall–Kier alpha value is -1.79. The third kappa shape index (κ3) is 4.42. The third-order valence-corrected chi connectivity index (χ3v) is 3.20. The Morgan fingerprint density at radius 3 is 2.32 bits per heavy atom. The number of carboxylic acid groups (broad SMARTS) is 1. The summed E-state index contributed by atoms with van der Waals surface area (Å²) in [6, 6.07) is -0.615. The van der Waals surface area contributed by atoms with Gasteiger partial charge in [0.05, 0.1) is 6.54 Å². The summed E-state index contributed by atoms with van der Waals surface area (Å²) in [5, 5.41) is 16.6. The van der Waals surface area contributed by atoms with Crippen molar-refractivity contribution in [3.8, 4) is 0 Å². The Morgan fingerprint density at radius 2 is 1.79 bits per heavy atom. The Kier molecular flexibility index (Phi) is 5.59. The molecule has 0 saturated heterocycles. The highest BCUT2D eigenvalue weighted by molar-refractivity contribution is 5.88. The second kappa shape index (κ2) is 6.96. The maximum absolute atomic E-state index is 11.6. The first-order valence-electron chi connectivity index (χ1n) is 6.56. The quantitative estimate of drug-likeness (QED) is 0.554. The van der Waals surface area contributed by atoms with Crippen LogP contribution in [-0.2, 0) is 9.59 Å². The number of hydrogen-bond donors (Lipinski definition) is 4. The molecule has 1 aliphatic rings. The molecule has 1 saturated carbocycles. The van der Waals surface area contributed by atoms with E-state index in [1.807, 2.05) is 6.92 Å². The number of carbonyl (C=O) groups is 3. The first-order chi connectivity index (χ1) is 9.00. The van der Waals surface area contributed by atoms with Crippen LogP contribution in [0.25, 0.3) is 0 Å². The van der Waals surface area contributed by atoms with Crippen LogP contribution in [0.3, 0.4) is 0 Å². The SMILES string of the molecule is CCCNC(=O)CNC(=O)NC1(C(=O)O)CCCC1. The number of nitrogens with one attached hydrogen (secondary N) is 3. The van der Waals surface area contributed by atoms with Gasteiger partial charge in [0.25, 0.3) is 0 Å². The molecule has 19 heavy (non-hydrogen) atoms. The van der Waals surface area contributed by atoms with Crippen molar-refractivity contribution in [3.05, 3.63) is 0 Å². The molecule has 0 aliphatic heterocycles. The summed E-state index contributed by atoms with van der Waals surface area (Å²) in [7, 11) is 0. The van der Waals surface area contributed by atoms with E-state index in [9.17, 15) is 19.5 Å². The van der Waals surface area contributed by atoms with E-state index in [-0.39, 0.29) is 12.5 Å². The summed E-state index contributed by atoms with van der Waals surface area (Å²) in [6.45, 7) is 2.33.